The number of ether oxygens (including phenoxy) is 1. The van der Waals surface area contributed by atoms with Crippen molar-refractivity contribution in [3.63, 3.8) is 0 Å². The molecule has 1 aliphatic heterocycles. The van der Waals surface area contributed by atoms with Crippen molar-refractivity contribution >= 4 is 18.0 Å². The Morgan fingerprint density at radius 3 is 2.18 bits per heavy atom. The first-order valence-corrected chi connectivity index (χ1v) is 10.5. The third kappa shape index (κ3) is 4.27. The highest BCUT2D eigenvalue weighted by molar-refractivity contribution is 5.92. The summed E-state index contributed by atoms with van der Waals surface area (Å²) in [7, 11) is 0. The van der Waals surface area contributed by atoms with Gasteiger partial charge in [0.2, 0.25) is 5.91 Å². The van der Waals surface area contributed by atoms with Gasteiger partial charge < -0.3 is 20.1 Å². The maximum Gasteiger partial charge on any atom is 0.408 e. The standard InChI is InChI=1S/C24H24F2N2O5/c1-23(2,21(31)28-13-24(25,26)11-19(28)20(29)30)27-22(32)33-12-18-16-9-5-3-7-14(16)15-8-4-6-10-17(15)18/h3-10,18-19H,11-13H2,1-2H3,(H,27,32)(H,29,30). The molecule has 0 radical (unpaired) electrons. The van der Waals surface area contributed by atoms with Gasteiger partial charge in [-0.1, -0.05) is 48.5 Å². The van der Waals surface area contributed by atoms with Crippen LogP contribution in [0, 0.1) is 0 Å². The number of carboxylic acids is 1. The Morgan fingerprint density at radius 2 is 1.64 bits per heavy atom. The van der Waals surface area contributed by atoms with E-state index in [1.54, 1.807) is 0 Å². The van der Waals surface area contributed by atoms with Crippen LogP contribution in [0.3, 0.4) is 0 Å². The molecular formula is C24H24F2N2O5. The van der Waals surface area contributed by atoms with E-state index in [1.165, 1.54) is 13.8 Å². The molecule has 2 aromatic rings. The van der Waals surface area contributed by atoms with Crippen LogP contribution in [0.25, 0.3) is 11.1 Å². The maximum absolute atomic E-state index is 13.8. The zero-order valence-corrected chi connectivity index (χ0v) is 18.2. The lowest BCUT2D eigenvalue weighted by Crippen LogP contribution is -2.58. The van der Waals surface area contributed by atoms with Crippen molar-refractivity contribution in [2.75, 3.05) is 13.2 Å². The molecule has 0 aromatic heterocycles. The van der Waals surface area contributed by atoms with Gasteiger partial charge in [0.05, 0.1) is 6.54 Å². The number of carbonyl (C=O) groups is 3. The number of likely N-dealkylation sites (tertiary alicyclic amines) is 1. The highest BCUT2D eigenvalue weighted by atomic mass is 19.3. The molecule has 2 aromatic carbocycles. The molecule has 2 amide bonds. The number of halogens is 2. The van der Waals surface area contributed by atoms with Crippen LogP contribution in [0.15, 0.2) is 48.5 Å². The SMILES string of the molecule is CC(C)(NC(=O)OCC1c2ccccc2-c2ccccc21)C(=O)N1CC(F)(F)CC1C(=O)O. The van der Waals surface area contributed by atoms with E-state index in [0.717, 1.165) is 22.3 Å². The predicted octanol–water partition coefficient (Wildman–Crippen LogP) is 3.62. The van der Waals surface area contributed by atoms with Gasteiger partial charge in [-0.25, -0.2) is 18.4 Å². The smallest absolute Gasteiger partial charge is 0.408 e. The van der Waals surface area contributed by atoms with Crippen LogP contribution < -0.4 is 5.32 Å². The van der Waals surface area contributed by atoms with Gasteiger partial charge >= 0.3 is 12.1 Å². The second-order valence-electron chi connectivity index (χ2n) is 8.92. The van der Waals surface area contributed by atoms with E-state index in [-0.39, 0.29) is 12.5 Å². The number of nitrogens with one attached hydrogen (secondary N) is 1. The molecule has 1 heterocycles. The first-order valence-electron chi connectivity index (χ1n) is 10.5. The summed E-state index contributed by atoms with van der Waals surface area (Å²) in [5.74, 6) is -5.92. The number of carbonyl (C=O) groups excluding carboxylic acids is 2. The van der Waals surface area contributed by atoms with E-state index in [1.807, 2.05) is 48.5 Å². The first-order chi connectivity index (χ1) is 15.5. The number of nitrogens with zero attached hydrogens (tertiary/aromatic N) is 1. The molecule has 33 heavy (non-hydrogen) atoms. The summed E-state index contributed by atoms with van der Waals surface area (Å²) in [6, 6.07) is 14.0. The highest BCUT2D eigenvalue weighted by Crippen LogP contribution is 2.44. The Kier molecular flexibility index (Phi) is 5.59. The van der Waals surface area contributed by atoms with Crippen LogP contribution in [0.5, 0.6) is 0 Å². The van der Waals surface area contributed by atoms with Crippen LogP contribution in [-0.2, 0) is 14.3 Å². The van der Waals surface area contributed by atoms with Crippen LogP contribution in [-0.4, -0.2) is 58.6 Å². The molecule has 1 fully saturated rings. The minimum absolute atomic E-state index is 0.0175. The average molecular weight is 458 g/mol. The Hall–Kier alpha value is -3.49. The lowest BCUT2D eigenvalue weighted by molar-refractivity contribution is -0.150. The highest BCUT2D eigenvalue weighted by Gasteiger charge is 2.52. The number of alkyl carbamates (subject to hydrolysis) is 1. The predicted molar refractivity (Wildman–Crippen MR) is 115 cm³/mol. The number of rotatable bonds is 5. The molecule has 0 saturated carbocycles. The molecule has 1 aliphatic carbocycles. The number of carboxylic acid groups (broad SMARTS) is 1. The summed E-state index contributed by atoms with van der Waals surface area (Å²) in [5.41, 5.74) is 2.52. The molecule has 1 unspecified atom stereocenters. The maximum atomic E-state index is 13.8. The minimum Gasteiger partial charge on any atom is -0.480 e. The molecule has 174 valence electrons. The lowest BCUT2D eigenvalue weighted by atomic mass is 9.98. The Morgan fingerprint density at radius 1 is 1.09 bits per heavy atom. The van der Waals surface area contributed by atoms with Crippen molar-refractivity contribution in [2.24, 2.45) is 0 Å². The van der Waals surface area contributed by atoms with Crippen LogP contribution in [0.1, 0.15) is 37.3 Å². The molecule has 1 saturated heterocycles. The molecule has 2 aliphatic rings. The average Bonchev–Trinajstić information content (AvgIpc) is 3.25. The second-order valence-corrected chi connectivity index (χ2v) is 8.92. The molecule has 0 bridgehead atoms. The van der Waals surface area contributed by atoms with Gasteiger partial charge in [-0.05, 0) is 36.1 Å². The zero-order valence-electron chi connectivity index (χ0n) is 18.2. The largest absolute Gasteiger partial charge is 0.480 e. The van der Waals surface area contributed by atoms with Gasteiger partial charge in [-0.3, -0.25) is 4.79 Å². The fraction of sp³-hybridized carbons (Fsp3) is 0.375. The Bertz CT molecular complexity index is 1070. The van der Waals surface area contributed by atoms with E-state index in [0.29, 0.717) is 4.90 Å². The quantitative estimate of drug-likeness (QED) is 0.714. The lowest BCUT2D eigenvalue weighted by Gasteiger charge is -2.31. The molecule has 4 rings (SSSR count). The van der Waals surface area contributed by atoms with E-state index in [2.05, 4.69) is 5.32 Å². The normalized spacial score (nSPS) is 19.0. The topological polar surface area (TPSA) is 95.9 Å². The Balaban J connectivity index is 1.44. The summed E-state index contributed by atoms with van der Waals surface area (Å²) in [5, 5.41) is 11.6. The number of fused-ring (bicyclic) bond motifs is 3. The Labute approximate surface area is 189 Å². The van der Waals surface area contributed by atoms with Gasteiger partial charge in [0.1, 0.15) is 18.2 Å². The fourth-order valence-electron chi connectivity index (χ4n) is 4.55. The number of hydrogen-bond acceptors (Lipinski definition) is 4. The van der Waals surface area contributed by atoms with Crippen molar-refractivity contribution in [2.45, 2.75) is 43.7 Å². The third-order valence-electron chi connectivity index (χ3n) is 6.11. The van der Waals surface area contributed by atoms with Gasteiger partial charge in [0.15, 0.2) is 0 Å². The van der Waals surface area contributed by atoms with Crippen LogP contribution >= 0.6 is 0 Å². The van der Waals surface area contributed by atoms with Crippen molar-refractivity contribution in [1.82, 2.24) is 10.2 Å². The van der Waals surface area contributed by atoms with E-state index in [9.17, 15) is 28.3 Å². The molecule has 7 nitrogen and oxygen atoms in total. The fourth-order valence-corrected chi connectivity index (χ4v) is 4.55. The summed E-state index contributed by atoms with van der Waals surface area (Å²) in [4.78, 5) is 37.4. The molecule has 9 heteroatoms. The van der Waals surface area contributed by atoms with Crippen molar-refractivity contribution in [1.29, 1.82) is 0 Å². The van der Waals surface area contributed by atoms with Gasteiger partial charge in [0.25, 0.3) is 5.92 Å². The summed E-state index contributed by atoms with van der Waals surface area (Å²) in [6.07, 6.45) is -1.86. The number of amides is 2. The molecule has 2 N–H and O–H groups in total. The first kappa shape index (κ1) is 22.7. The summed E-state index contributed by atoms with van der Waals surface area (Å²) >= 11 is 0. The van der Waals surface area contributed by atoms with E-state index >= 15 is 0 Å². The minimum atomic E-state index is -3.31. The second kappa shape index (κ2) is 8.13. The van der Waals surface area contributed by atoms with E-state index in [4.69, 9.17) is 4.74 Å². The van der Waals surface area contributed by atoms with Crippen LogP contribution in [0.4, 0.5) is 13.6 Å². The van der Waals surface area contributed by atoms with Gasteiger partial charge in [-0.2, -0.15) is 0 Å². The van der Waals surface area contributed by atoms with Crippen molar-refractivity contribution in [3.05, 3.63) is 59.7 Å². The molecule has 1 atom stereocenters. The van der Waals surface area contributed by atoms with Gasteiger partial charge in [-0.15, -0.1) is 0 Å². The number of aliphatic carboxylic acids is 1. The van der Waals surface area contributed by atoms with E-state index < -0.39 is 48.4 Å². The van der Waals surface area contributed by atoms with Crippen molar-refractivity contribution in [3.8, 4) is 11.1 Å². The third-order valence-corrected chi connectivity index (χ3v) is 6.11. The van der Waals surface area contributed by atoms with Crippen LogP contribution in [0.2, 0.25) is 0 Å². The van der Waals surface area contributed by atoms with Gasteiger partial charge in [0, 0.05) is 12.3 Å². The summed E-state index contributed by atoms with van der Waals surface area (Å²) in [6.45, 7) is 1.65. The number of benzene rings is 2. The molecule has 0 spiro atoms. The monoisotopic (exact) mass is 458 g/mol. The number of alkyl halides is 2. The van der Waals surface area contributed by atoms with Crippen molar-refractivity contribution < 1.29 is 33.0 Å². The summed E-state index contributed by atoms with van der Waals surface area (Å²) < 4.78 is 33.0. The molecular weight excluding hydrogens is 434 g/mol. The zero-order chi connectivity index (χ0) is 24.0. The number of hydrogen-bond donors (Lipinski definition) is 2.